The lowest BCUT2D eigenvalue weighted by Crippen LogP contribution is -2.62. The molecule has 8 nitrogen and oxygen atoms in total. The molecule has 1 unspecified atom stereocenters. The molecule has 0 saturated carbocycles. The second kappa shape index (κ2) is 8.77. The van der Waals surface area contributed by atoms with Gasteiger partial charge in [0.05, 0.1) is 50.7 Å². The van der Waals surface area contributed by atoms with E-state index in [0.29, 0.717) is 0 Å². The second-order valence-electron chi connectivity index (χ2n) is 4.94. The predicted molar refractivity (Wildman–Crippen MR) is 68.6 cm³/mol. The fourth-order valence-corrected chi connectivity index (χ4v) is 1.55. The van der Waals surface area contributed by atoms with Crippen molar-refractivity contribution in [2.45, 2.75) is 24.0 Å². The lowest BCUT2D eigenvalue weighted by Gasteiger charge is -2.35. The van der Waals surface area contributed by atoms with Crippen molar-refractivity contribution in [2.75, 3.05) is 46.2 Å². The molecule has 0 aliphatic rings. The lowest BCUT2D eigenvalue weighted by atomic mass is 10.0. The highest BCUT2D eigenvalue weighted by Gasteiger charge is 2.31. The average molecular weight is 282 g/mol. The Kier molecular flexibility index (Phi) is 8.62. The fourth-order valence-electron chi connectivity index (χ4n) is 1.55. The third-order valence-corrected chi connectivity index (χ3v) is 3.15. The minimum absolute atomic E-state index is 0.253. The molecular weight excluding hydrogens is 256 g/mol. The molecule has 0 aliphatic heterocycles. The van der Waals surface area contributed by atoms with Crippen molar-refractivity contribution in [1.29, 1.82) is 0 Å². The Labute approximate surface area is 112 Å². The largest absolute Gasteiger partial charge is 0.394 e. The number of aliphatic hydroxyl groups is 6. The van der Waals surface area contributed by atoms with Gasteiger partial charge in [-0.15, -0.1) is 0 Å². The molecule has 8 heteroatoms. The van der Waals surface area contributed by atoms with Crippen LogP contribution in [0.3, 0.4) is 0 Å². The molecule has 0 fully saturated rings. The van der Waals surface area contributed by atoms with Gasteiger partial charge < -0.3 is 41.3 Å². The third kappa shape index (κ3) is 5.28. The number of hydrogen-bond acceptors (Lipinski definition) is 8. The molecule has 0 heterocycles. The number of nitrogens with one attached hydrogen (secondary N) is 2. The molecular formula is C11H26N2O6. The molecule has 1 atom stereocenters. The van der Waals surface area contributed by atoms with Crippen LogP contribution in [-0.2, 0) is 0 Å². The van der Waals surface area contributed by atoms with Gasteiger partial charge in [0.1, 0.15) is 0 Å². The Morgan fingerprint density at radius 3 is 1.42 bits per heavy atom. The summed E-state index contributed by atoms with van der Waals surface area (Å²) < 4.78 is 0. The van der Waals surface area contributed by atoms with Gasteiger partial charge in [-0.1, -0.05) is 0 Å². The van der Waals surface area contributed by atoms with Crippen LogP contribution in [0.25, 0.3) is 0 Å². The summed E-state index contributed by atoms with van der Waals surface area (Å²) in [7, 11) is 0. The van der Waals surface area contributed by atoms with Crippen LogP contribution in [0.4, 0.5) is 0 Å². The first kappa shape index (κ1) is 18.7. The van der Waals surface area contributed by atoms with Gasteiger partial charge in [-0.3, -0.25) is 0 Å². The van der Waals surface area contributed by atoms with Crippen LogP contribution in [0.2, 0.25) is 0 Å². The van der Waals surface area contributed by atoms with Crippen LogP contribution >= 0.6 is 0 Å². The van der Waals surface area contributed by atoms with E-state index in [4.69, 9.17) is 30.6 Å². The highest BCUT2D eigenvalue weighted by atomic mass is 16.3. The van der Waals surface area contributed by atoms with E-state index in [9.17, 15) is 0 Å². The van der Waals surface area contributed by atoms with Crippen molar-refractivity contribution >= 4 is 0 Å². The van der Waals surface area contributed by atoms with Gasteiger partial charge in [0.15, 0.2) is 0 Å². The molecule has 0 rings (SSSR count). The number of rotatable bonds is 11. The zero-order valence-corrected chi connectivity index (χ0v) is 11.2. The Hall–Kier alpha value is -0.320. The highest BCUT2D eigenvalue weighted by Crippen LogP contribution is 2.05. The van der Waals surface area contributed by atoms with E-state index in [0.717, 1.165) is 0 Å². The van der Waals surface area contributed by atoms with Crippen molar-refractivity contribution in [3.63, 3.8) is 0 Å². The first-order valence-electron chi connectivity index (χ1n) is 6.15. The molecule has 0 radical (unpaired) electrons. The smallest absolute Gasteiger partial charge is 0.0884 e. The monoisotopic (exact) mass is 282 g/mol. The molecule has 0 aromatic heterocycles. The van der Waals surface area contributed by atoms with Gasteiger partial charge in [0.25, 0.3) is 0 Å². The summed E-state index contributed by atoms with van der Waals surface area (Å²) in [4.78, 5) is 0. The van der Waals surface area contributed by atoms with Crippen molar-refractivity contribution in [1.82, 2.24) is 10.6 Å². The summed E-state index contributed by atoms with van der Waals surface area (Å²) in [6.45, 7) is -0.614. The van der Waals surface area contributed by atoms with Gasteiger partial charge in [-0.2, -0.15) is 0 Å². The van der Waals surface area contributed by atoms with E-state index in [2.05, 4.69) is 10.6 Å². The summed E-state index contributed by atoms with van der Waals surface area (Å²) in [5.74, 6) is 0. The van der Waals surface area contributed by atoms with E-state index < -0.39 is 50.7 Å². The van der Waals surface area contributed by atoms with Crippen LogP contribution in [0.5, 0.6) is 0 Å². The number of hydrogen-bond donors (Lipinski definition) is 8. The first-order valence-corrected chi connectivity index (χ1v) is 6.15. The topological polar surface area (TPSA) is 145 Å². The average Bonchev–Trinajstić information content (AvgIpc) is 2.47. The molecule has 0 amide bonds. The molecule has 0 saturated heterocycles. The van der Waals surface area contributed by atoms with Gasteiger partial charge in [-0.25, -0.2) is 0 Å². The summed E-state index contributed by atoms with van der Waals surface area (Å²) >= 11 is 0. The van der Waals surface area contributed by atoms with E-state index in [1.54, 1.807) is 6.92 Å². The van der Waals surface area contributed by atoms with Crippen LogP contribution in [0.15, 0.2) is 0 Å². The van der Waals surface area contributed by atoms with E-state index in [1.807, 2.05) is 0 Å². The maximum Gasteiger partial charge on any atom is 0.0884 e. The number of aliphatic hydroxyl groups excluding tert-OH is 6. The van der Waals surface area contributed by atoms with E-state index in [1.165, 1.54) is 0 Å². The third-order valence-electron chi connectivity index (χ3n) is 3.15. The zero-order valence-electron chi connectivity index (χ0n) is 11.2. The lowest BCUT2D eigenvalue weighted by molar-refractivity contribution is 0.0253. The molecule has 0 bridgehead atoms. The SMILES string of the molecule is CC(CNC(CO)(CO)CO)NC(CO)(CO)CO. The summed E-state index contributed by atoms with van der Waals surface area (Å²) in [6, 6.07) is -0.282. The molecule has 116 valence electrons. The van der Waals surface area contributed by atoms with Crippen LogP contribution in [0.1, 0.15) is 6.92 Å². The standard InChI is InChI=1S/C11H26N2O6/c1-9(13-11(6-17,7-18)8-19)2-12-10(3-14,4-15)5-16/h9,12-19H,2-8H2,1H3. The summed E-state index contributed by atoms with van der Waals surface area (Å²) in [6.07, 6.45) is 0. The first-order chi connectivity index (χ1) is 8.96. The Bertz CT molecular complexity index is 217. The Morgan fingerprint density at radius 2 is 1.11 bits per heavy atom. The molecule has 0 aromatic carbocycles. The summed E-state index contributed by atoms with van der Waals surface area (Å²) in [5.41, 5.74) is -2.38. The highest BCUT2D eigenvalue weighted by molar-refractivity contribution is 4.92. The molecule has 0 spiro atoms. The van der Waals surface area contributed by atoms with Gasteiger partial charge >= 0.3 is 0 Å². The molecule has 0 aliphatic carbocycles. The van der Waals surface area contributed by atoms with Crippen molar-refractivity contribution in [3.8, 4) is 0 Å². The van der Waals surface area contributed by atoms with E-state index >= 15 is 0 Å². The van der Waals surface area contributed by atoms with Crippen molar-refractivity contribution in [3.05, 3.63) is 0 Å². The Balaban J connectivity index is 4.42. The van der Waals surface area contributed by atoms with Gasteiger partial charge in [0, 0.05) is 12.6 Å². The van der Waals surface area contributed by atoms with E-state index in [-0.39, 0.29) is 12.6 Å². The second-order valence-corrected chi connectivity index (χ2v) is 4.94. The van der Waals surface area contributed by atoms with Crippen LogP contribution < -0.4 is 10.6 Å². The fraction of sp³-hybridized carbons (Fsp3) is 1.00. The molecule has 19 heavy (non-hydrogen) atoms. The summed E-state index contributed by atoms with van der Waals surface area (Å²) in [5, 5.41) is 60.6. The quantitative estimate of drug-likeness (QED) is 0.191. The minimum atomic E-state index is -1.19. The minimum Gasteiger partial charge on any atom is -0.394 e. The van der Waals surface area contributed by atoms with Crippen molar-refractivity contribution < 1.29 is 30.6 Å². The molecule has 0 aromatic rings. The Morgan fingerprint density at radius 1 is 0.737 bits per heavy atom. The normalized spacial score (nSPS) is 14.7. The van der Waals surface area contributed by atoms with Crippen LogP contribution in [0, 0.1) is 0 Å². The maximum atomic E-state index is 9.17. The van der Waals surface area contributed by atoms with Crippen molar-refractivity contribution in [2.24, 2.45) is 0 Å². The van der Waals surface area contributed by atoms with Gasteiger partial charge in [0.2, 0.25) is 0 Å². The van der Waals surface area contributed by atoms with Crippen LogP contribution in [-0.4, -0.2) is 93.9 Å². The zero-order chi connectivity index (χ0) is 14.9. The predicted octanol–water partition coefficient (Wildman–Crippen LogP) is -4.01. The van der Waals surface area contributed by atoms with Gasteiger partial charge in [-0.05, 0) is 6.92 Å². The molecule has 8 N–H and O–H groups in total. The maximum absolute atomic E-state index is 9.17.